The highest BCUT2D eigenvalue weighted by Gasteiger charge is 2.52. The highest BCUT2D eigenvalue weighted by molar-refractivity contribution is 6.55. The van der Waals surface area contributed by atoms with Crippen molar-refractivity contribution in [2.45, 2.75) is 58.2 Å². The molecule has 128 valence electrons. The molecule has 1 fully saturated rings. The predicted molar refractivity (Wildman–Crippen MR) is 94.6 cm³/mol. The van der Waals surface area contributed by atoms with Gasteiger partial charge in [0.05, 0.1) is 17.8 Å². The van der Waals surface area contributed by atoms with E-state index in [1.807, 2.05) is 45.9 Å². The fourth-order valence-electron chi connectivity index (χ4n) is 3.11. The minimum absolute atomic E-state index is 0.119. The second-order valence-corrected chi connectivity index (χ2v) is 7.71. The molecule has 1 aliphatic heterocycles. The van der Waals surface area contributed by atoms with Gasteiger partial charge in [0.15, 0.2) is 0 Å². The molecule has 2 aliphatic rings. The first-order valence-corrected chi connectivity index (χ1v) is 8.52. The standard InChI is InChI=1S/C19H25BO4/c1-18(2)19(3,4)24-20(23-18)16(12-21)10-13-5-6-15-11-17(22)8-7-14(15)9-13/h5-6,9-10,21H,7-8,11-12H2,1-4H3. The Hall–Kier alpha value is -1.43. The van der Waals surface area contributed by atoms with Crippen molar-refractivity contribution in [3.8, 4) is 0 Å². The molecule has 0 saturated carbocycles. The topological polar surface area (TPSA) is 55.8 Å². The minimum atomic E-state index is -0.544. The SMILES string of the molecule is CC1(C)OB(C(=Cc2ccc3c(c2)CCC(=O)C3)CO)OC1(C)C. The van der Waals surface area contributed by atoms with Crippen molar-refractivity contribution in [2.24, 2.45) is 0 Å². The molecule has 24 heavy (non-hydrogen) atoms. The molecule has 5 heteroatoms. The molecule has 0 unspecified atom stereocenters. The highest BCUT2D eigenvalue weighted by atomic mass is 16.7. The van der Waals surface area contributed by atoms with Gasteiger partial charge < -0.3 is 14.4 Å². The maximum atomic E-state index is 11.6. The van der Waals surface area contributed by atoms with Crippen molar-refractivity contribution in [1.82, 2.24) is 0 Å². The van der Waals surface area contributed by atoms with Gasteiger partial charge >= 0.3 is 7.12 Å². The molecule has 1 aliphatic carbocycles. The molecule has 4 nitrogen and oxygen atoms in total. The maximum Gasteiger partial charge on any atom is 0.492 e. The Morgan fingerprint density at radius 2 is 1.83 bits per heavy atom. The molecule has 1 N–H and O–H groups in total. The molecule has 1 saturated heterocycles. The monoisotopic (exact) mass is 328 g/mol. The number of aliphatic hydroxyl groups is 1. The van der Waals surface area contributed by atoms with E-state index in [4.69, 9.17) is 9.31 Å². The van der Waals surface area contributed by atoms with E-state index in [0.29, 0.717) is 24.1 Å². The summed E-state index contributed by atoms with van der Waals surface area (Å²) in [6.45, 7) is 7.87. The lowest BCUT2D eigenvalue weighted by Crippen LogP contribution is -2.41. The third-order valence-corrected chi connectivity index (χ3v) is 5.38. The average Bonchev–Trinajstić information content (AvgIpc) is 2.73. The van der Waals surface area contributed by atoms with Gasteiger partial charge in [0.25, 0.3) is 0 Å². The van der Waals surface area contributed by atoms with Crippen LogP contribution in [-0.4, -0.2) is 35.8 Å². The Bertz CT molecular complexity index is 675. The Balaban J connectivity index is 1.85. The number of Topliss-reactive ketones (excluding diaryl/α,β-unsaturated/α-hetero) is 1. The fraction of sp³-hybridized carbons (Fsp3) is 0.526. The number of carbonyl (C=O) groups excluding carboxylic acids is 1. The summed E-state index contributed by atoms with van der Waals surface area (Å²) in [5.41, 5.74) is 3.19. The minimum Gasteiger partial charge on any atom is -0.400 e. The zero-order valence-electron chi connectivity index (χ0n) is 14.9. The van der Waals surface area contributed by atoms with Crippen LogP contribution in [0, 0.1) is 0 Å². The van der Waals surface area contributed by atoms with Crippen LogP contribution in [0.3, 0.4) is 0 Å². The number of fused-ring (bicyclic) bond motifs is 1. The quantitative estimate of drug-likeness (QED) is 0.867. The van der Waals surface area contributed by atoms with Gasteiger partial charge in [-0.05, 0) is 56.3 Å². The third kappa shape index (κ3) is 3.21. The number of carbonyl (C=O) groups is 1. The van der Waals surface area contributed by atoms with Gasteiger partial charge in [-0.3, -0.25) is 4.79 Å². The molecular weight excluding hydrogens is 303 g/mol. The molecule has 3 rings (SSSR count). The predicted octanol–water partition coefficient (Wildman–Crippen LogP) is 2.75. The lowest BCUT2D eigenvalue weighted by molar-refractivity contribution is -0.118. The fourth-order valence-corrected chi connectivity index (χ4v) is 3.11. The van der Waals surface area contributed by atoms with Crippen LogP contribution in [-0.2, 0) is 26.9 Å². The molecule has 0 radical (unpaired) electrons. The first-order valence-electron chi connectivity index (χ1n) is 8.52. The molecule has 0 atom stereocenters. The number of rotatable bonds is 3. The number of hydrogen-bond acceptors (Lipinski definition) is 4. The Kier molecular flexibility index (Phi) is 4.45. The van der Waals surface area contributed by atoms with E-state index in [1.54, 1.807) is 0 Å². The molecule has 0 aromatic heterocycles. The number of ketones is 1. The third-order valence-electron chi connectivity index (χ3n) is 5.38. The van der Waals surface area contributed by atoms with Crippen LogP contribution in [0.15, 0.2) is 23.7 Å². The van der Waals surface area contributed by atoms with E-state index < -0.39 is 18.3 Å². The second-order valence-electron chi connectivity index (χ2n) is 7.71. The smallest absolute Gasteiger partial charge is 0.400 e. The summed E-state index contributed by atoms with van der Waals surface area (Å²) in [4.78, 5) is 11.6. The van der Waals surface area contributed by atoms with E-state index in [9.17, 15) is 9.90 Å². The zero-order chi connectivity index (χ0) is 17.5. The number of benzene rings is 1. The Labute approximate surface area is 144 Å². The number of aryl methyl sites for hydroxylation is 1. The molecular formula is C19H25BO4. The van der Waals surface area contributed by atoms with Crippen molar-refractivity contribution in [1.29, 1.82) is 0 Å². The van der Waals surface area contributed by atoms with Crippen LogP contribution >= 0.6 is 0 Å². The summed E-state index contributed by atoms with van der Waals surface area (Å²) in [6, 6.07) is 6.10. The van der Waals surface area contributed by atoms with E-state index in [1.165, 1.54) is 5.56 Å². The normalized spacial score (nSPS) is 22.6. The van der Waals surface area contributed by atoms with Crippen LogP contribution in [0.4, 0.5) is 0 Å². The van der Waals surface area contributed by atoms with E-state index in [-0.39, 0.29) is 6.61 Å². The van der Waals surface area contributed by atoms with Crippen molar-refractivity contribution in [3.63, 3.8) is 0 Å². The zero-order valence-corrected chi connectivity index (χ0v) is 14.9. The molecule has 1 aromatic rings. The summed E-state index contributed by atoms with van der Waals surface area (Å²) in [6.07, 6.45) is 3.87. The van der Waals surface area contributed by atoms with Crippen molar-refractivity contribution < 1.29 is 19.2 Å². The number of hydrogen-bond donors (Lipinski definition) is 1. The van der Waals surface area contributed by atoms with E-state index in [0.717, 1.165) is 17.5 Å². The maximum absolute atomic E-state index is 11.6. The van der Waals surface area contributed by atoms with Gasteiger partial charge in [0, 0.05) is 12.8 Å². The number of aliphatic hydroxyl groups excluding tert-OH is 1. The van der Waals surface area contributed by atoms with Crippen LogP contribution in [0.2, 0.25) is 0 Å². The van der Waals surface area contributed by atoms with Gasteiger partial charge in [0.2, 0.25) is 0 Å². The Morgan fingerprint density at radius 3 is 2.46 bits per heavy atom. The highest BCUT2D eigenvalue weighted by Crippen LogP contribution is 2.38. The second kappa shape index (κ2) is 6.14. The van der Waals surface area contributed by atoms with Gasteiger partial charge in [-0.15, -0.1) is 0 Å². The van der Waals surface area contributed by atoms with E-state index >= 15 is 0 Å². The summed E-state index contributed by atoms with van der Waals surface area (Å²) in [5.74, 6) is 0.305. The first-order chi connectivity index (χ1) is 11.2. The summed E-state index contributed by atoms with van der Waals surface area (Å²) < 4.78 is 12.0. The average molecular weight is 328 g/mol. The van der Waals surface area contributed by atoms with Crippen LogP contribution in [0.1, 0.15) is 50.8 Å². The van der Waals surface area contributed by atoms with Crippen molar-refractivity contribution in [2.75, 3.05) is 6.61 Å². The van der Waals surface area contributed by atoms with Crippen molar-refractivity contribution >= 4 is 19.0 Å². The van der Waals surface area contributed by atoms with Crippen molar-refractivity contribution in [3.05, 3.63) is 40.4 Å². The van der Waals surface area contributed by atoms with Gasteiger partial charge in [-0.2, -0.15) is 0 Å². The first kappa shape index (κ1) is 17.4. The summed E-state index contributed by atoms with van der Waals surface area (Å²) >= 11 is 0. The largest absolute Gasteiger partial charge is 0.492 e. The molecule has 0 amide bonds. The van der Waals surface area contributed by atoms with Gasteiger partial charge in [0.1, 0.15) is 5.78 Å². The molecule has 0 spiro atoms. The van der Waals surface area contributed by atoms with Crippen LogP contribution < -0.4 is 0 Å². The van der Waals surface area contributed by atoms with Crippen LogP contribution in [0.5, 0.6) is 0 Å². The summed E-state index contributed by atoms with van der Waals surface area (Å²) in [7, 11) is -0.544. The van der Waals surface area contributed by atoms with Gasteiger partial charge in [-0.1, -0.05) is 24.3 Å². The lowest BCUT2D eigenvalue weighted by Gasteiger charge is -2.32. The van der Waals surface area contributed by atoms with Gasteiger partial charge in [-0.25, -0.2) is 0 Å². The van der Waals surface area contributed by atoms with E-state index in [2.05, 4.69) is 6.07 Å². The molecule has 1 heterocycles. The molecule has 0 bridgehead atoms. The lowest BCUT2D eigenvalue weighted by atomic mass is 9.77. The molecule has 1 aromatic carbocycles. The van der Waals surface area contributed by atoms with Crippen LogP contribution in [0.25, 0.3) is 6.08 Å². The Morgan fingerprint density at radius 1 is 1.17 bits per heavy atom. The summed E-state index contributed by atoms with van der Waals surface area (Å²) in [5, 5.41) is 9.79.